The number of sulfone groups is 1. The van der Waals surface area contributed by atoms with Crippen LogP contribution in [0.25, 0.3) is 0 Å². The molecule has 2 aliphatic rings. The van der Waals surface area contributed by atoms with Crippen molar-refractivity contribution in [1.29, 1.82) is 0 Å². The van der Waals surface area contributed by atoms with E-state index in [0.29, 0.717) is 11.8 Å². The highest BCUT2D eigenvalue weighted by atomic mass is 32.2. The summed E-state index contributed by atoms with van der Waals surface area (Å²) in [5.74, 6) is 0.414. The summed E-state index contributed by atoms with van der Waals surface area (Å²) in [6, 6.07) is 0.343. The Bertz CT molecular complexity index is 307. The summed E-state index contributed by atoms with van der Waals surface area (Å²) in [4.78, 5) is 2.41. The van der Waals surface area contributed by atoms with Gasteiger partial charge in [0.1, 0.15) is 0 Å². The summed E-state index contributed by atoms with van der Waals surface area (Å²) >= 11 is 0. The van der Waals surface area contributed by atoms with Crippen LogP contribution in [0.15, 0.2) is 0 Å². The number of hydrogen-bond acceptors (Lipinski definition) is 3. The highest BCUT2D eigenvalue weighted by molar-refractivity contribution is 7.93. The molecule has 2 aliphatic heterocycles. The molecule has 15 heavy (non-hydrogen) atoms. The van der Waals surface area contributed by atoms with Gasteiger partial charge < -0.3 is 0 Å². The molecule has 0 spiro atoms. The fraction of sp³-hybridized carbons (Fsp3) is 1.00. The van der Waals surface area contributed by atoms with Gasteiger partial charge >= 0.3 is 0 Å². The second-order valence-electron chi connectivity index (χ2n) is 4.82. The maximum atomic E-state index is 11.6. The average molecular weight is 231 g/mol. The third-order valence-electron chi connectivity index (χ3n) is 3.73. The Hall–Kier alpha value is -0.0900. The Morgan fingerprint density at radius 2 is 1.87 bits per heavy atom. The van der Waals surface area contributed by atoms with E-state index in [1.54, 1.807) is 0 Å². The summed E-state index contributed by atoms with van der Waals surface area (Å²) in [6.07, 6.45) is 5.64. The molecule has 4 heteroatoms. The van der Waals surface area contributed by atoms with Gasteiger partial charge in [-0.1, -0.05) is 19.8 Å². The zero-order valence-corrected chi connectivity index (χ0v) is 10.3. The Morgan fingerprint density at radius 3 is 2.40 bits per heavy atom. The van der Waals surface area contributed by atoms with E-state index in [2.05, 4.69) is 11.8 Å². The van der Waals surface area contributed by atoms with E-state index in [9.17, 15) is 8.42 Å². The minimum absolute atomic E-state index is 0.0550. The van der Waals surface area contributed by atoms with Crippen molar-refractivity contribution >= 4 is 9.84 Å². The van der Waals surface area contributed by atoms with Gasteiger partial charge in [0.15, 0.2) is 9.84 Å². The van der Waals surface area contributed by atoms with Crippen molar-refractivity contribution in [3.05, 3.63) is 0 Å². The highest BCUT2D eigenvalue weighted by Crippen LogP contribution is 2.31. The van der Waals surface area contributed by atoms with Crippen molar-refractivity contribution in [3.63, 3.8) is 0 Å². The van der Waals surface area contributed by atoms with E-state index in [1.165, 1.54) is 19.3 Å². The molecular formula is C11H21NO2S. The highest BCUT2D eigenvalue weighted by Gasteiger charge is 2.47. The number of nitrogens with zero attached hydrogens (tertiary/aromatic N) is 1. The van der Waals surface area contributed by atoms with E-state index in [1.807, 2.05) is 0 Å². The second kappa shape index (κ2) is 4.42. The third kappa shape index (κ3) is 2.21. The zero-order chi connectivity index (χ0) is 10.9. The maximum absolute atomic E-state index is 11.6. The predicted molar refractivity (Wildman–Crippen MR) is 61.7 cm³/mol. The lowest BCUT2D eigenvalue weighted by atomic mass is 10.0. The predicted octanol–water partition coefficient (Wildman–Crippen LogP) is 1.44. The van der Waals surface area contributed by atoms with Crippen LogP contribution in [0.1, 0.15) is 39.0 Å². The van der Waals surface area contributed by atoms with Gasteiger partial charge in [-0.25, -0.2) is 8.42 Å². The van der Waals surface area contributed by atoms with Crippen molar-refractivity contribution in [3.8, 4) is 0 Å². The van der Waals surface area contributed by atoms with Crippen LogP contribution in [0.4, 0.5) is 0 Å². The third-order valence-corrected chi connectivity index (χ3v) is 6.00. The monoisotopic (exact) mass is 231 g/mol. The van der Waals surface area contributed by atoms with Crippen LogP contribution in [0.2, 0.25) is 0 Å². The standard InChI is InChI=1S/C11H21NO2S/c1-2-6-11-10(9-15(11,13)14)12-7-4-3-5-8-12/h10-11H,2-9H2,1H3. The van der Waals surface area contributed by atoms with E-state index >= 15 is 0 Å². The van der Waals surface area contributed by atoms with Gasteiger partial charge in [-0.3, -0.25) is 4.90 Å². The molecule has 0 bridgehead atoms. The second-order valence-corrected chi connectivity index (χ2v) is 7.09. The van der Waals surface area contributed by atoms with E-state index in [-0.39, 0.29) is 5.25 Å². The topological polar surface area (TPSA) is 37.4 Å². The van der Waals surface area contributed by atoms with Crippen LogP contribution in [0, 0.1) is 0 Å². The van der Waals surface area contributed by atoms with Gasteiger partial charge in [-0.2, -0.15) is 0 Å². The molecule has 2 heterocycles. The first kappa shape index (κ1) is 11.4. The fourth-order valence-electron chi connectivity index (χ4n) is 2.83. The van der Waals surface area contributed by atoms with Gasteiger partial charge in [0.2, 0.25) is 0 Å². The molecule has 2 atom stereocenters. The summed E-state index contributed by atoms with van der Waals surface area (Å²) in [5.41, 5.74) is 0. The fourth-order valence-corrected chi connectivity index (χ4v) is 4.98. The van der Waals surface area contributed by atoms with Gasteiger partial charge in [-0.15, -0.1) is 0 Å². The lowest BCUT2D eigenvalue weighted by Crippen LogP contribution is -2.61. The first-order chi connectivity index (χ1) is 7.15. The van der Waals surface area contributed by atoms with E-state index < -0.39 is 9.84 Å². The van der Waals surface area contributed by atoms with Gasteiger partial charge in [-0.05, 0) is 32.4 Å². The lowest BCUT2D eigenvalue weighted by molar-refractivity contribution is 0.155. The molecule has 3 nitrogen and oxygen atoms in total. The molecule has 0 radical (unpaired) electrons. The molecule has 0 aromatic rings. The molecule has 2 fully saturated rings. The summed E-state index contributed by atoms with van der Waals surface area (Å²) in [5, 5.41) is -0.0550. The Morgan fingerprint density at radius 1 is 1.20 bits per heavy atom. The molecule has 0 aromatic heterocycles. The van der Waals surface area contributed by atoms with Crippen molar-refractivity contribution < 1.29 is 8.42 Å². The number of rotatable bonds is 3. The van der Waals surface area contributed by atoms with E-state index in [4.69, 9.17) is 0 Å². The molecule has 2 saturated heterocycles. The van der Waals surface area contributed by atoms with Crippen LogP contribution in [-0.2, 0) is 9.84 Å². The number of likely N-dealkylation sites (tertiary alicyclic amines) is 1. The maximum Gasteiger partial charge on any atom is 0.156 e. The van der Waals surface area contributed by atoms with Gasteiger partial charge in [0, 0.05) is 6.04 Å². The van der Waals surface area contributed by atoms with Crippen LogP contribution in [-0.4, -0.2) is 43.5 Å². The smallest absolute Gasteiger partial charge is 0.156 e. The molecule has 0 aliphatic carbocycles. The summed E-state index contributed by atoms with van der Waals surface area (Å²) < 4.78 is 23.3. The van der Waals surface area contributed by atoms with Crippen molar-refractivity contribution in [2.45, 2.75) is 50.3 Å². The summed E-state index contributed by atoms with van der Waals surface area (Å²) in [7, 11) is -2.72. The van der Waals surface area contributed by atoms with Crippen molar-refractivity contribution in [2.24, 2.45) is 0 Å². The van der Waals surface area contributed by atoms with Crippen LogP contribution < -0.4 is 0 Å². The normalized spacial score (nSPS) is 36.1. The number of piperidine rings is 1. The molecule has 0 aromatic carbocycles. The largest absolute Gasteiger partial charge is 0.298 e. The zero-order valence-electron chi connectivity index (χ0n) is 9.48. The van der Waals surface area contributed by atoms with E-state index in [0.717, 1.165) is 25.9 Å². The van der Waals surface area contributed by atoms with Crippen LogP contribution in [0.5, 0.6) is 0 Å². The Kier molecular flexibility index (Phi) is 3.36. The molecule has 2 unspecified atom stereocenters. The molecule has 0 N–H and O–H groups in total. The van der Waals surface area contributed by atoms with Crippen molar-refractivity contribution in [2.75, 3.05) is 18.8 Å². The Balaban J connectivity index is 1.98. The lowest BCUT2D eigenvalue weighted by Gasteiger charge is -2.45. The molecule has 0 saturated carbocycles. The van der Waals surface area contributed by atoms with Crippen LogP contribution >= 0.6 is 0 Å². The Labute approximate surface area is 92.8 Å². The molecular weight excluding hydrogens is 210 g/mol. The summed E-state index contributed by atoms with van der Waals surface area (Å²) in [6.45, 7) is 4.29. The first-order valence-electron chi connectivity index (χ1n) is 6.11. The average Bonchev–Trinajstić information content (AvgIpc) is 2.24. The van der Waals surface area contributed by atoms with Gasteiger partial charge in [0.25, 0.3) is 0 Å². The molecule has 0 amide bonds. The number of hydrogen-bond donors (Lipinski definition) is 0. The van der Waals surface area contributed by atoms with Gasteiger partial charge in [0.05, 0.1) is 11.0 Å². The minimum atomic E-state index is -2.72. The van der Waals surface area contributed by atoms with Crippen molar-refractivity contribution in [1.82, 2.24) is 4.90 Å². The molecule has 88 valence electrons. The quantitative estimate of drug-likeness (QED) is 0.737. The SMILES string of the molecule is CCCC1C(N2CCCCC2)CS1(=O)=O. The minimum Gasteiger partial charge on any atom is -0.298 e. The first-order valence-corrected chi connectivity index (χ1v) is 7.82. The van der Waals surface area contributed by atoms with Crippen LogP contribution in [0.3, 0.4) is 0 Å². The molecule has 2 rings (SSSR count).